The van der Waals surface area contributed by atoms with E-state index in [0.717, 1.165) is 11.1 Å². The average molecular weight is 262 g/mol. The van der Waals surface area contributed by atoms with Gasteiger partial charge in [0.05, 0.1) is 6.42 Å². The maximum absolute atomic E-state index is 12.2. The van der Waals surface area contributed by atoms with Crippen LogP contribution in [0.1, 0.15) is 11.1 Å². The van der Waals surface area contributed by atoms with Gasteiger partial charge >= 0.3 is 5.97 Å². The van der Waals surface area contributed by atoms with Crippen LogP contribution in [0.3, 0.4) is 0 Å². The van der Waals surface area contributed by atoms with Crippen molar-refractivity contribution in [2.24, 2.45) is 0 Å². The van der Waals surface area contributed by atoms with Crippen LogP contribution in [0, 0.1) is 6.92 Å². The number of nitrogens with zero attached hydrogens (tertiary/aromatic N) is 1. The van der Waals surface area contributed by atoms with Crippen molar-refractivity contribution in [3.63, 3.8) is 0 Å². The first-order chi connectivity index (χ1) is 9.06. The number of rotatable bonds is 3. The first kappa shape index (κ1) is 13.5. The molecule has 19 heavy (non-hydrogen) atoms. The molecule has 0 saturated carbocycles. The summed E-state index contributed by atoms with van der Waals surface area (Å²) in [6, 6.07) is 7.15. The van der Waals surface area contributed by atoms with Crippen molar-refractivity contribution in [2.75, 3.05) is 19.6 Å². The minimum Gasteiger partial charge on any atom is -0.480 e. The standard InChI is InChI=1S/C14H18N2O3/c1-10-3-2-4-11(7-10)8-13(17)16-6-5-15-12(9-16)14(18)19/h2-4,7,12,15H,5-6,8-9H2,1H3,(H,18,19). The predicted octanol–water partition coefficient (Wildman–Crippen LogP) is 0.423. The Morgan fingerprint density at radius 3 is 2.95 bits per heavy atom. The average Bonchev–Trinajstić information content (AvgIpc) is 2.39. The molecule has 5 nitrogen and oxygen atoms in total. The highest BCUT2D eigenvalue weighted by Crippen LogP contribution is 2.08. The number of amides is 1. The minimum absolute atomic E-state index is 0.0154. The van der Waals surface area contributed by atoms with E-state index in [1.54, 1.807) is 4.90 Å². The van der Waals surface area contributed by atoms with Gasteiger partial charge in [-0.2, -0.15) is 0 Å². The fourth-order valence-electron chi connectivity index (χ4n) is 2.25. The first-order valence-electron chi connectivity index (χ1n) is 6.36. The Morgan fingerprint density at radius 1 is 1.47 bits per heavy atom. The molecule has 1 atom stereocenters. The van der Waals surface area contributed by atoms with Crippen molar-refractivity contribution in [3.8, 4) is 0 Å². The zero-order chi connectivity index (χ0) is 13.8. The largest absolute Gasteiger partial charge is 0.480 e. The smallest absolute Gasteiger partial charge is 0.322 e. The Morgan fingerprint density at radius 2 is 2.26 bits per heavy atom. The van der Waals surface area contributed by atoms with Gasteiger partial charge in [-0.3, -0.25) is 9.59 Å². The molecule has 1 amide bonds. The van der Waals surface area contributed by atoms with Crippen LogP contribution in [0.25, 0.3) is 0 Å². The van der Waals surface area contributed by atoms with Crippen LogP contribution in [-0.2, 0) is 16.0 Å². The van der Waals surface area contributed by atoms with Crippen LogP contribution >= 0.6 is 0 Å². The van der Waals surface area contributed by atoms with Gasteiger partial charge < -0.3 is 15.3 Å². The Balaban J connectivity index is 1.98. The molecular weight excluding hydrogens is 244 g/mol. The van der Waals surface area contributed by atoms with Crippen molar-refractivity contribution in [3.05, 3.63) is 35.4 Å². The zero-order valence-corrected chi connectivity index (χ0v) is 10.9. The molecule has 0 aromatic heterocycles. The predicted molar refractivity (Wildman–Crippen MR) is 70.9 cm³/mol. The number of carbonyl (C=O) groups excluding carboxylic acids is 1. The molecule has 0 aliphatic carbocycles. The van der Waals surface area contributed by atoms with Crippen LogP contribution in [0.4, 0.5) is 0 Å². The van der Waals surface area contributed by atoms with Gasteiger partial charge in [-0.1, -0.05) is 29.8 Å². The zero-order valence-electron chi connectivity index (χ0n) is 10.9. The van der Waals surface area contributed by atoms with E-state index in [1.165, 1.54) is 0 Å². The molecule has 1 heterocycles. The van der Waals surface area contributed by atoms with Gasteiger partial charge in [0.2, 0.25) is 5.91 Å². The van der Waals surface area contributed by atoms with Gasteiger partial charge in [-0.15, -0.1) is 0 Å². The van der Waals surface area contributed by atoms with Crippen LogP contribution in [0.5, 0.6) is 0 Å². The fraction of sp³-hybridized carbons (Fsp3) is 0.429. The second-order valence-electron chi connectivity index (χ2n) is 4.85. The number of hydrogen-bond donors (Lipinski definition) is 2. The summed E-state index contributed by atoms with van der Waals surface area (Å²) in [5.74, 6) is -0.925. The van der Waals surface area contributed by atoms with Crippen molar-refractivity contribution in [1.82, 2.24) is 10.2 Å². The lowest BCUT2D eigenvalue weighted by atomic mass is 10.1. The van der Waals surface area contributed by atoms with Crippen LogP contribution in [0.2, 0.25) is 0 Å². The normalized spacial score (nSPS) is 19.2. The molecule has 5 heteroatoms. The molecule has 1 aromatic rings. The Hall–Kier alpha value is -1.88. The van der Waals surface area contributed by atoms with E-state index in [2.05, 4.69) is 5.32 Å². The van der Waals surface area contributed by atoms with Gasteiger partial charge in [0, 0.05) is 19.6 Å². The SMILES string of the molecule is Cc1cccc(CC(=O)N2CCNC(C(=O)O)C2)c1. The molecule has 1 aromatic carbocycles. The number of nitrogens with one attached hydrogen (secondary N) is 1. The van der Waals surface area contributed by atoms with Crippen LogP contribution in [0.15, 0.2) is 24.3 Å². The topological polar surface area (TPSA) is 69.6 Å². The Labute approximate surface area is 112 Å². The summed E-state index contributed by atoms with van der Waals surface area (Å²) in [4.78, 5) is 24.7. The number of aryl methyl sites for hydroxylation is 1. The Kier molecular flexibility index (Phi) is 4.16. The number of carbonyl (C=O) groups is 2. The van der Waals surface area contributed by atoms with Crippen molar-refractivity contribution in [2.45, 2.75) is 19.4 Å². The summed E-state index contributed by atoms with van der Waals surface area (Å²) in [5.41, 5.74) is 2.09. The highest BCUT2D eigenvalue weighted by Gasteiger charge is 2.27. The third-order valence-corrected chi connectivity index (χ3v) is 3.26. The van der Waals surface area contributed by atoms with E-state index in [9.17, 15) is 9.59 Å². The van der Waals surface area contributed by atoms with E-state index in [-0.39, 0.29) is 12.5 Å². The highest BCUT2D eigenvalue weighted by atomic mass is 16.4. The van der Waals surface area contributed by atoms with E-state index in [0.29, 0.717) is 19.5 Å². The summed E-state index contributed by atoms with van der Waals surface area (Å²) in [6.45, 7) is 3.31. The maximum atomic E-state index is 12.2. The maximum Gasteiger partial charge on any atom is 0.322 e. The number of hydrogen-bond acceptors (Lipinski definition) is 3. The van der Waals surface area contributed by atoms with Gasteiger partial charge in [-0.25, -0.2) is 0 Å². The second-order valence-corrected chi connectivity index (χ2v) is 4.85. The molecule has 102 valence electrons. The van der Waals surface area contributed by atoms with Crippen molar-refractivity contribution >= 4 is 11.9 Å². The van der Waals surface area contributed by atoms with Crippen molar-refractivity contribution < 1.29 is 14.7 Å². The molecule has 2 N–H and O–H groups in total. The molecule has 1 fully saturated rings. The molecule has 1 unspecified atom stereocenters. The molecule has 1 aliphatic heterocycles. The number of carboxylic acid groups (broad SMARTS) is 1. The fourth-order valence-corrected chi connectivity index (χ4v) is 2.25. The first-order valence-corrected chi connectivity index (χ1v) is 6.36. The van der Waals surface area contributed by atoms with E-state index in [4.69, 9.17) is 5.11 Å². The van der Waals surface area contributed by atoms with E-state index in [1.807, 2.05) is 31.2 Å². The van der Waals surface area contributed by atoms with Crippen molar-refractivity contribution in [1.29, 1.82) is 0 Å². The molecule has 0 spiro atoms. The molecule has 1 saturated heterocycles. The number of carboxylic acids is 1. The molecule has 2 rings (SSSR count). The van der Waals surface area contributed by atoms with Gasteiger partial charge in [-0.05, 0) is 12.5 Å². The molecule has 0 radical (unpaired) electrons. The summed E-state index contributed by atoms with van der Waals surface area (Å²) in [5, 5.41) is 11.8. The third-order valence-electron chi connectivity index (χ3n) is 3.26. The molecular formula is C14H18N2O3. The lowest BCUT2D eigenvalue weighted by Gasteiger charge is -2.31. The van der Waals surface area contributed by atoms with E-state index < -0.39 is 12.0 Å². The monoisotopic (exact) mass is 262 g/mol. The summed E-state index contributed by atoms with van der Waals surface area (Å²) in [7, 11) is 0. The quantitative estimate of drug-likeness (QED) is 0.828. The summed E-state index contributed by atoms with van der Waals surface area (Å²) < 4.78 is 0. The lowest BCUT2D eigenvalue weighted by Crippen LogP contribution is -2.56. The second kappa shape index (κ2) is 5.84. The third kappa shape index (κ3) is 3.54. The van der Waals surface area contributed by atoms with Gasteiger partial charge in [0.1, 0.15) is 6.04 Å². The summed E-state index contributed by atoms with van der Waals surface area (Å²) >= 11 is 0. The number of piperazine rings is 1. The number of benzene rings is 1. The number of aliphatic carboxylic acids is 1. The highest BCUT2D eigenvalue weighted by molar-refractivity contribution is 5.81. The van der Waals surface area contributed by atoms with Crippen LogP contribution < -0.4 is 5.32 Å². The molecule has 0 bridgehead atoms. The summed E-state index contributed by atoms with van der Waals surface area (Å²) in [6.07, 6.45) is 0.327. The lowest BCUT2D eigenvalue weighted by molar-refractivity contribution is -0.142. The van der Waals surface area contributed by atoms with Gasteiger partial charge in [0.25, 0.3) is 0 Å². The minimum atomic E-state index is -0.909. The van der Waals surface area contributed by atoms with Gasteiger partial charge in [0.15, 0.2) is 0 Å². The van der Waals surface area contributed by atoms with Crippen LogP contribution in [-0.4, -0.2) is 47.6 Å². The Bertz CT molecular complexity index is 487. The molecule has 1 aliphatic rings. The van der Waals surface area contributed by atoms with E-state index >= 15 is 0 Å².